The summed E-state index contributed by atoms with van der Waals surface area (Å²) in [5.41, 5.74) is 4.36. The minimum atomic E-state index is -0.125. The van der Waals surface area contributed by atoms with E-state index in [4.69, 9.17) is 11.6 Å². The molecular weight excluding hydrogens is 277 g/mol. The van der Waals surface area contributed by atoms with E-state index in [1.165, 1.54) is 0 Å². The normalized spacial score (nSPS) is 11.1. The van der Waals surface area contributed by atoms with Crippen LogP contribution in [0.4, 0.5) is 4.39 Å². The first-order chi connectivity index (χ1) is 9.40. The van der Waals surface area contributed by atoms with Gasteiger partial charge >= 0.3 is 0 Å². The molecule has 3 nitrogen and oxygen atoms in total. The first-order valence-electron chi connectivity index (χ1n) is 6.54. The fourth-order valence-corrected chi connectivity index (χ4v) is 2.59. The van der Waals surface area contributed by atoms with E-state index in [1.54, 1.807) is 18.5 Å². The summed E-state index contributed by atoms with van der Waals surface area (Å²) in [5.74, 6) is -0.125. The van der Waals surface area contributed by atoms with E-state index in [0.29, 0.717) is 29.4 Å². The highest BCUT2D eigenvalue weighted by Gasteiger charge is 2.10. The van der Waals surface area contributed by atoms with Gasteiger partial charge in [0, 0.05) is 25.7 Å². The highest BCUT2D eigenvalue weighted by atomic mass is 35.5. The molecule has 1 aromatic carbocycles. The molecule has 2 rings (SSSR count). The first kappa shape index (κ1) is 15.0. The number of halogens is 2. The van der Waals surface area contributed by atoms with Crippen LogP contribution in [0.15, 0.2) is 12.1 Å². The Morgan fingerprint density at radius 2 is 1.80 bits per heavy atom. The van der Waals surface area contributed by atoms with Gasteiger partial charge in [-0.1, -0.05) is 23.7 Å². The van der Waals surface area contributed by atoms with Crippen LogP contribution in [0.3, 0.4) is 0 Å². The molecule has 1 aromatic heterocycles. The van der Waals surface area contributed by atoms with Crippen molar-refractivity contribution in [3.63, 3.8) is 0 Å². The zero-order valence-corrected chi connectivity index (χ0v) is 13.0. The molecule has 1 N–H and O–H groups in total. The Labute approximate surface area is 123 Å². The van der Waals surface area contributed by atoms with Gasteiger partial charge in [-0.3, -0.25) is 4.68 Å². The molecule has 0 radical (unpaired) electrons. The summed E-state index contributed by atoms with van der Waals surface area (Å²) in [6.45, 7) is 6.83. The van der Waals surface area contributed by atoms with Crippen molar-refractivity contribution in [1.29, 1.82) is 0 Å². The van der Waals surface area contributed by atoms with Gasteiger partial charge in [-0.2, -0.15) is 5.10 Å². The highest BCUT2D eigenvalue weighted by Crippen LogP contribution is 2.19. The predicted molar refractivity (Wildman–Crippen MR) is 79.4 cm³/mol. The maximum atomic E-state index is 13.6. The molecule has 108 valence electrons. The van der Waals surface area contributed by atoms with Crippen molar-refractivity contribution in [3.05, 3.63) is 51.1 Å². The van der Waals surface area contributed by atoms with Gasteiger partial charge in [-0.05, 0) is 37.5 Å². The number of aryl methyl sites for hydroxylation is 4. The van der Waals surface area contributed by atoms with Gasteiger partial charge < -0.3 is 5.32 Å². The molecule has 0 amide bonds. The Morgan fingerprint density at radius 1 is 1.20 bits per heavy atom. The Balaban J connectivity index is 2.03. The van der Waals surface area contributed by atoms with E-state index >= 15 is 0 Å². The Bertz CT molecular complexity index is 611. The second-order valence-electron chi connectivity index (χ2n) is 5.13. The van der Waals surface area contributed by atoms with Gasteiger partial charge in [-0.25, -0.2) is 4.39 Å². The van der Waals surface area contributed by atoms with E-state index in [2.05, 4.69) is 10.4 Å². The van der Waals surface area contributed by atoms with Crippen LogP contribution in [0.1, 0.15) is 27.9 Å². The summed E-state index contributed by atoms with van der Waals surface area (Å²) < 4.78 is 15.2. The van der Waals surface area contributed by atoms with Crippen LogP contribution in [-0.4, -0.2) is 9.78 Å². The Hall–Kier alpha value is -1.39. The molecule has 0 saturated carbocycles. The maximum Gasteiger partial charge on any atom is 0.131 e. The van der Waals surface area contributed by atoms with Crippen molar-refractivity contribution in [2.75, 3.05) is 0 Å². The summed E-state index contributed by atoms with van der Waals surface area (Å²) in [4.78, 5) is 0. The minimum absolute atomic E-state index is 0.125. The van der Waals surface area contributed by atoms with Crippen LogP contribution >= 0.6 is 11.6 Å². The average molecular weight is 296 g/mol. The second kappa shape index (κ2) is 5.94. The molecule has 0 aliphatic carbocycles. The van der Waals surface area contributed by atoms with Crippen molar-refractivity contribution < 1.29 is 4.39 Å². The highest BCUT2D eigenvalue weighted by molar-refractivity contribution is 6.30. The third-order valence-corrected chi connectivity index (χ3v) is 3.87. The number of hydrogen-bond donors (Lipinski definition) is 1. The summed E-state index contributed by atoms with van der Waals surface area (Å²) in [6.07, 6.45) is 0. The van der Waals surface area contributed by atoms with Crippen LogP contribution in [0.2, 0.25) is 5.15 Å². The maximum absolute atomic E-state index is 13.6. The lowest BCUT2D eigenvalue weighted by atomic mass is 10.1. The molecule has 5 heteroatoms. The van der Waals surface area contributed by atoms with Crippen molar-refractivity contribution in [2.24, 2.45) is 7.05 Å². The molecule has 0 unspecified atom stereocenters. The lowest BCUT2D eigenvalue weighted by Crippen LogP contribution is -2.14. The molecule has 1 heterocycles. The van der Waals surface area contributed by atoms with Crippen LogP contribution in [-0.2, 0) is 20.1 Å². The van der Waals surface area contributed by atoms with E-state index < -0.39 is 0 Å². The van der Waals surface area contributed by atoms with E-state index in [0.717, 1.165) is 16.8 Å². The summed E-state index contributed by atoms with van der Waals surface area (Å²) >= 11 is 6.18. The minimum Gasteiger partial charge on any atom is -0.308 e. The third kappa shape index (κ3) is 3.02. The van der Waals surface area contributed by atoms with Gasteiger partial charge in [0.2, 0.25) is 0 Å². The zero-order chi connectivity index (χ0) is 14.9. The molecular formula is C15H19ClFN3. The number of aromatic nitrogens is 2. The molecule has 0 saturated heterocycles. The van der Waals surface area contributed by atoms with Gasteiger partial charge in [0.25, 0.3) is 0 Å². The second-order valence-corrected chi connectivity index (χ2v) is 5.48. The SMILES string of the molecule is Cc1cc(CNCc2c(C)nn(C)c2Cl)cc(C)c1F. The van der Waals surface area contributed by atoms with Crippen molar-refractivity contribution in [3.8, 4) is 0 Å². The van der Waals surface area contributed by atoms with E-state index in [-0.39, 0.29) is 5.82 Å². The quantitative estimate of drug-likeness (QED) is 0.936. The number of nitrogens with zero attached hydrogens (tertiary/aromatic N) is 2. The summed E-state index contributed by atoms with van der Waals surface area (Å²) in [6, 6.07) is 3.74. The van der Waals surface area contributed by atoms with Crippen LogP contribution in [0.5, 0.6) is 0 Å². The smallest absolute Gasteiger partial charge is 0.131 e. The molecule has 20 heavy (non-hydrogen) atoms. The Morgan fingerprint density at radius 3 is 2.30 bits per heavy atom. The molecule has 0 aliphatic heterocycles. The number of rotatable bonds is 4. The number of hydrogen-bond acceptors (Lipinski definition) is 2. The Kier molecular flexibility index (Phi) is 4.45. The molecule has 0 fully saturated rings. The van der Waals surface area contributed by atoms with Gasteiger partial charge in [0.1, 0.15) is 11.0 Å². The van der Waals surface area contributed by atoms with Gasteiger partial charge in [-0.15, -0.1) is 0 Å². The zero-order valence-electron chi connectivity index (χ0n) is 12.2. The van der Waals surface area contributed by atoms with E-state index in [1.807, 2.05) is 26.1 Å². The molecule has 0 bridgehead atoms. The third-order valence-electron chi connectivity index (χ3n) is 3.40. The topological polar surface area (TPSA) is 29.9 Å². The van der Waals surface area contributed by atoms with Crippen molar-refractivity contribution in [2.45, 2.75) is 33.9 Å². The van der Waals surface area contributed by atoms with Crippen LogP contribution in [0, 0.1) is 26.6 Å². The fraction of sp³-hybridized carbons (Fsp3) is 0.400. The molecule has 0 spiro atoms. The van der Waals surface area contributed by atoms with Crippen LogP contribution in [0.25, 0.3) is 0 Å². The number of benzene rings is 1. The predicted octanol–water partition coefficient (Wildman–Crippen LogP) is 3.43. The largest absolute Gasteiger partial charge is 0.308 e. The lowest BCUT2D eigenvalue weighted by molar-refractivity contribution is 0.606. The van der Waals surface area contributed by atoms with Crippen molar-refractivity contribution in [1.82, 2.24) is 15.1 Å². The van der Waals surface area contributed by atoms with Crippen LogP contribution < -0.4 is 5.32 Å². The average Bonchev–Trinajstić information content (AvgIpc) is 2.62. The molecule has 0 atom stereocenters. The first-order valence-corrected chi connectivity index (χ1v) is 6.92. The van der Waals surface area contributed by atoms with Gasteiger partial charge in [0.05, 0.1) is 5.69 Å². The van der Waals surface area contributed by atoms with Gasteiger partial charge in [0.15, 0.2) is 0 Å². The monoisotopic (exact) mass is 295 g/mol. The summed E-state index contributed by atoms with van der Waals surface area (Å²) in [7, 11) is 1.82. The standard InChI is InChI=1S/C15H19ClFN3/c1-9-5-12(6-10(2)14(9)17)7-18-8-13-11(3)19-20(4)15(13)16/h5-6,18H,7-8H2,1-4H3. The fourth-order valence-electron chi connectivity index (χ4n) is 2.34. The summed E-state index contributed by atoms with van der Waals surface area (Å²) in [5, 5.41) is 8.25. The lowest BCUT2D eigenvalue weighted by Gasteiger charge is -2.08. The van der Waals surface area contributed by atoms with Crippen molar-refractivity contribution >= 4 is 11.6 Å². The molecule has 2 aromatic rings. The molecule has 0 aliphatic rings. The van der Waals surface area contributed by atoms with E-state index in [9.17, 15) is 4.39 Å². The number of nitrogens with one attached hydrogen (secondary N) is 1.